The first-order chi connectivity index (χ1) is 10.3. The molecule has 1 atom stereocenters. The van der Waals surface area contributed by atoms with Gasteiger partial charge in [0.2, 0.25) is 0 Å². The summed E-state index contributed by atoms with van der Waals surface area (Å²) in [5.74, 6) is 0.210. The lowest BCUT2D eigenvalue weighted by Gasteiger charge is -2.08. The summed E-state index contributed by atoms with van der Waals surface area (Å²) in [6.07, 6.45) is 2.85. The molecule has 0 bridgehead atoms. The lowest BCUT2D eigenvalue weighted by molar-refractivity contribution is 0.0972. The summed E-state index contributed by atoms with van der Waals surface area (Å²) in [6.45, 7) is 1.03. The molecular formula is C18H17NO2. The first-order valence-corrected chi connectivity index (χ1v) is 7.49. The third-order valence-electron chi connectivity index (χ3n) is 4.29. The number of ketones is 1. The second-order valence-corrected chi connectivity index (χ2v) is 5.73. The summed E-state index contributed by atoms with van der Waals surface area (Å²) < 4.78 is 5.80. The SMILES string of the molecule is O=C(CC1CCCN1)c1ccc2oc3ccccc3c2c1. The maximum absolute atomic E-state index is 12.4. The van der Waals surface area contributed by atoms with E-state index in [0.717, 1.165) is 40.5 Å². The highest BCUT2D eigenvalue weighted by atomic mass is 16.3. The number of hydrogen-bond donors (Lipinski definition) is 1. The Morgan fingerprint density at radius 2 is 2.00 bits per heavy atom. The highest BCUT2D eigenvalue weighted by Crippen LogP contribution is 2.29. The largest absolute Gasteiger partial charge is 0.456 e. The van der Waals surface area contributed by atoms with E-state index in [1.807, 2.05) is 42.5 Å². The van der Waals surface area contributed by atoms with E-state index < -0.39 is 0 Å². The molecule has 3 aromatic rings. The number of Topliss-reactive ketones (excluding diaryl/α,β-unsaturated/α-hetero) is 1. The van der Waals surface area contributed by atoms with Crippen LogP contribution in [-0.4, -0.2) is 18.4 Å². The maximum Gasteiger partial charge on any atom is 0.164 e. The molecule has 1 N–H and O–H groups in total. The lowest BCUT2D eigenvalue weighted by Crippen LogP contribution is -2.24. The van der Waals surface area contributed by atoms with Crippen molar-refractivity contribution in [3.05, 3.63) is 48.0 Å². The van der Waals surface area contributed by atoms with E-state index in [4.69, 9.17) is 4.42 Å². The van der Waals surface area contributed by atoms with Crippen LogP contribution in [0.15, 0.2) is 46.9 Å². The van der Waals surface area contributed by atoms with Gasteiger partial charge < -0.3 is 9.73 Å². The predicted molar refractivity (Wildman–Crippen MR) is 83.7 cm³/mol. The van der Waals surface area contributed by atoms with Gasteiger partial charge in [0, 0.05) is 28.8 Å². The monoisotopic (exact) mass is 279 g/mol. The number of carbonyl (C=O) groups is 1. The first-order valence-electron chi connectivity index (χ1n) is 7.49. The summed E-state index contributed by atoms with van der Waals surface area (Å²) in [7, 11) is 0. The smallest absolute Gasteiger partial charge is 0.164 e. The Kier molecular flexibility index (Phi) is 3.00. The Labute approximate surface area is 122 Å². The Hall–Kier alpha value is -2.13. The zero-order chi connectivity index (χ0) is 14.2. The Morgan fingerprint density at radius 3 is 2.86 bits per heavy atom. The normalized spacial score (nSPS) is 18.6. The van der Waals surface area contributed by atoms with E-state index in [0.29, 0.717) is 12.5 Å². The third-order valence-corrected chi connectivity index (χ3v) is 4.29. The molecule has 106 valence electrons. The molecule has 21 heavy (non-hydrogen) atoms. The molecule has 1 aliphatic heterocycles. The van der Waals surface area contributed by atoms with E-state index in [2.05, 4.69) is 5.32 Å². The third kappa shape index (κ3) is 2.24. The molecule has 0 saturated carbocycles. The standard InChI is InChI=1S/C18H17NO2/c20-16(11-13-4-3-9-19-13)12-7-8-18-15(10-12)14-5-1-2-6-17(14)21-18/h1-2,5-8,10,13,19H,3-4,9,11H2. The molecule has 2 heterocycles. The van der Waals surface area contributed by atoms with Crippen LogP contribution >= 0.6 is 0 Å². The van der Waals surface area contributed by atoms with Gasteiger partial charge in [0.1, 0.15) is 11.2 Å². The van der Waals surface area contributed by atoms with Gasteiger partial charge >= 0.3 is 0 Å². The molecule has 0 aliphatic carbocycles. The second-order valence-electron chi connectivity index (χ2n) is 5.73. The molecule has 1 fully saturated rings. The van der Waals surface area contributed by atoms with Crippen molar-refractivity contribution in [2.24, 2.45) is 0 Å². The number of furan rings is 1. The average molecular weight is 279 g/mol. The lowest BCUT2D eigenvalue weighted by atomic mass is 10.0. The number of para-hydroxylation sites is 1. The predicted octanol–water partition coefficient (Wildman–Crippen LogP) is 3.91. The van der Waals surface area contributed by atoms with Crippen LogP contribution in [0, 0.1) is 0 Å². The van der Waals surface area contributed by atoms with Gasteiger partial charge in [-0.1, -0.05) is 18.2 Å². The van der Waals surface area contributed by atoms with Crippen LogP contribution in [0.1, 0.15) is 29.6 Å². The second kappa shape index (κ2) is 5.01. The number of nitrogens with one attached hydrogen (secondary N) is 1. The molecule has 0 spiro atoms. The van der Waals surface area contributed by atoms with Crippen molar-refractivity contribution in [1.82, 2.24) is 5.32 Å². The topological polar surface area (TPSA) is 42.2 Å². The van der Waals surface area contributed by atoms with E-state index in [1.54, 1.807) is 0 Å². The summed E-state index contributed by atoms with van der Waals surface area (Å²) in [5, 5.41) is 5.47. The van der Waals surface area contributed by atoms with Gasteiger partial charge in [-0.3, -0.25) is 4.79 Å². The molecule has 0 radical (unpaired) electrons. The fraction of sp³-hybridized carbons (Fsp3) is 0.278. The molecule has 4 rings (SSSR count). The minimum absolute atomic E-state index is 0.210. The highest BCUT2D eigenvalue weighted by molar-refractivity contribution is 6.08. The van der Waals surface area contributed by atoms with E-state index in [9.17, 15) is 4.79 Å². The van der Waals surface area contributed by atoms with Crippen molar-refractivity contribution in [2.75, 3.05) is 6.54 Å². The van der Waals surface area contributed by atoms with Gasteiger partial charge in [0.25, 0.3) is 0 Å². The molecule has 3 nitrogen and oxygen atoms in total. The summed E-state index contributed by atoms with van der Waals surface area (Å²) in [6, 6.07) is 14.0. The summed E-state index contributed by atoms with van der Waals surface area (Å²) in [5.41, 5.74) is 2.49. The van der Waals surface area contributed by atoms with Gasteiger partial charge in [0.05, 0.1) is 0 Å². The van der Waals surface area contributed by atoms with Gasteiger partial charge in [-0.15, -0.1) is 0 Å². The average Bonchev–Trinajstić information content (AvgIpc) is 3.13. The van der Waals surface area contributed by atoms with Crippen LogP contribution in [0.5, 0.6) is 0 Å². The van der Waals surface area contributed by atoms with Crippen LogP contribution in [0.3, 0.4) is 0 Å². The molecule has 1 saturated heterocycles. The van der Waals surface area contributed by atoms with E-state index in [1.165, 1.54) is 6.42 Å². The Bertz CT molecular complexity index is 812. The van der Waals surface area contributed by atoms with E-state index in [-0.39, 0.29) is 5.78 Å². The molecule has 1 aliphatic rings. The van der Waals surface area contributed by atoms with Gasteiger partial charge in [-0.2, -0.15) is 0 Å². The number of carbonyl (C=O) groups excluding carboxylic acids is 1. The van der Waals surface area contributed by atoms with Crippen molar-refractivity contribution in [3.8, 4) is 0 Å². The van der Waals surface area contributed by atoms with Gasteiger partial charge in [-0.05, 0) is 43.7 Å². The van der Waals surface area contributed by atoms with E-state index >= 15 is 0 Å². The summed E-state index contributed by atoms with van der Waals surface area (Å²) in [4.78, 5) is 12.4. The zero-order valence-electron chi connectivity index (χ0n) is 11.8. The minimum atomic E-state index is 0.210. The Morgan fingerprint density at radius 1 is 1.14 bits per heavy atom. The van der Waals surface area contributed by atoms with Crippen LogP contribution < -0.4 is 5.32 Å². The zero-order valence-corrected chi connectivity index (χ0v) is 11.8. The molecular weight excluding hydrogens is 262 g/mol. The molecule has 1 aromatic heterocycles. The molecule has 1 unspecified atom stereocenters. The van der Waals surface area contributed by atoms with Crippen LogP contribution in [-0.2, 0) is 0 Å². The van der Waals surface area contributed by atoms with Gasteiger partial charge in [0.15, 0.2) is 5.78 Å². The number of rotatable bonds is 3. The number of hydrogen-bond acceptors (Lipinski definition) is 3. The summed E-state index contributed by atoms with van der Waals surface area (Å²) >= 11 is 0. The maximum atomic E-state index is 12.4. The molecule has 2 aromatic carbocycles. The van der Waals surface area contributed by atoms with Crippen molar-refractivity contribution < 1.29 is 9.21 Å². The van der Waals surface area contributed by atoms with Gasteiger partial charge in [-0.25, -0.2) is 0 Å². The Balaban J connectivity index is 1.72. The van der Waals surface area contributed by atoms with Crippen LogP contribution in [0.25, 0.3) is 21.9 Å². The molecule has 3 heteroatoms. The fourth-order valence-electron chi connectivity index (χ4n) is 3.17. The highest BCUT2D eigenvalue weighted by Gasteiger charge is 2.19. The quantitative estimate of drug-likeness (QED) is 0.739. The number of benzene rings is 2. The first kappa shape index (κ1) is 12.6. The fourth-order valence-corrected chi connectivity index (χ4v) is 3.17. The van der Waals surface area contributed by atoms with Crippen LogP contribution in [0.4, 0.5) is 0 Å². The van der Waals surface area contributed by atoms with Crippen molar-refractivity contribution in [3.63, 3.8) is 0 Å². The molecule has 0 amide bonds. The van der Waals surface area contributed by atoms with Crippen molar-refractivity contribution in [1.29, 1.82) is 0 Å². The van der Waals surface area contributed by atoms with Crippen molar-refractivity contribution in [2.45, 2.75) is 25.3 Å². The number of fused-ring (bicyclic) bond motifs is 3. The minimum Gasteiger partial charge on any atom is -0.456 e. The van der Waals surface area contributed by atoms with Crippen molar-refractivity contribution >= 4 is 27.7 Å². The van der Waals surface area contributed by atoms with Crippen LogP contribution in [0.2, 0.25) is 0 Å².